The van der Waals surface area contributed by atoms with Crippen LogP contribution in [0, 0.1) is 0 Å². The fourth-order valence-corrected chi connectivity index (χ4v) is 3.94. The summed E-state index contributed by atoms with van der Waals surface area (Å²) in [6.07, 6.45) is -0.124. The molecule has 0 bridgehead atoms. The summed E-state index contributed by atoms with van der Waals surface area (Å²) in [5.74, 6) is -1.83. The van der Waals surface area contributed by atoms with E-state index in [-0.39, 0.29) is 35.6 Å². The molecule has 22 heavy (non-hydrogen) atoms. The fourth-order valence-electron chi connectivity index (χ4n) is 3.94. The van der Waals surface area contributed by atoms with Gasteiger partial charge in [-0.3, -0.25) is 9.69 Å². The van der Waals surface area contributed by atoms with E-state index in [0.29, 0.717) is 6.42 Å². The summed E-state index contributed by atoms with van der Waals surface area (Å²) in [6, 6.07) is -0.0000109. The van der Waals surface area contributed by atoms with Gasteiger partial charge in [-0.25, -0.2) is 0 Å². The van der Waals surface area contributed by atoms with Crippen molar-refractivity contribution in [1.29, 1.82) is 0 Å². The second-order valence-corrected chi connectivity index (χ2v) is 7.72. The van der Waals surface area contributed by atoms with Crippen LogP contribution in [-0.4, -0.2) is 66.3 Å². The maximum Gasteiger partial charge on any atom is 0.220 e. The van der Waals surface area contributed by atoms with Crippen LogP contribution in [-0.2, 0) is 23.7 Å². The van der Waals surface area contributed by atoms with Crippen molar-refractivity contribution in [1.82, 2.24) is 4.90 Å². The Labute approximate surface area is 132 Å². The number of nitrogens with zero attached hydrogens (tertiary/aromatic N) is 1. The van der Waals surface area contributed by atoms with E-state index in [1.54, 1.807) is 21.1 Å². The lowest BCUT2D eigenvalue weighted by molar-refractivity contribution is -0.448. The number of ether oxygens (including phenoxy) is 4. The van der Waals surface area contributed by atoms with Crippen molar-refractivity contribution in [3.05, 3.63) is 0 Å². The van der Waals surface area contributed by atoms with Gasteiger partial charge in [-0.05, 0) is 34.6 Å². The molecule has 1 aliphatic carbocycles. The third kappa shape index (κ3) is 2.08. The van der Waals surface area contributed by atoms with E-state index in [0.717, 1.165) is 0 Å². The highest BCUT2D eigenvalue weighted by Crippen LogP contribution is 2.51. The summed E-state index contributed by atoms with van der Waals surface area (Å²) in [5, 5.41) is 0. The highest BCUT2D eigenvalue weighted by Gasteiger charge is 2.70. The zero-order valence-corrected chi connectivity index (χ0v) is 14.5. The van der Waals surface area contributed by atoms with Crippen LogP contribution in [0.25, 0.3) is 0 Å². The Balaban J connectivity index is 1.90. The van der Waals surface area contributed by atoms with Gasteiger partial charge in [-0.2, -0.15) is 0 Å². The molecular formula is C16H27NO5. The number of likely N-dealkylation sites (tertiary alicyclic amines) is 1. The zero-order valence-electron chi connectivity index (χ0n) is 14.5. The van der Waals surface area contributed by atoms with E-state index >= 15 is 0 Å². The molecule has 3 rings (SSSR count). The molecule has 0 aromatic rings. The number of ketones is 1. The number of Topliss-reactive ketones (excluding diaryl/α,β-unsaturated/α-hetero) is 1. The minimum atomic E-state index is -1.04. The molecule has 3 aliphatic rings. The maximum atomic E-state index is 12.4. The Morgan fingerprint density at radius 1 is 1.14 bits per heavy atom. The number of carbonyl (C=O) groups is 1. The van der Waals surface area contributed by atoms with E-state index in [1.165, 1.54) is 0 Å². The van der Waals surface area contributed by atoms with Crippen LogP contribution in [0.3, 0.4) is 0 Å². The molecule has 0 spiro atoms. The Hall–Kier alpha value is -0.530. The summed E-state index contributed by atoms with van der Waals surface area (Å²) >= 11 is 0. The SMILES string of the molecule is CO[C@@]1(C)OC2CC(=O)[C@H]3[C@@H](C2O[C@]1(C)OC)N3C(C)(C)C. The second kappa shape index (κ2) is 4.74. The maximum absolute atomic E-state index is 12.4. The van der Waals surface area contributed by atoms with Gasteiger partial charge in [0.05, 0.1) is 18.2 Å². The van der Waals surface area contributed by atoms with Crippen LogP contribution in [0.15, 0.2) is 0 Å². The van der Waals surface area contributed by atoms with Gasteiger partial charge in [0, 0.05) is 26.2 Å². The Morgan fingerprint density at radius 2 is 1.68 bits per heavy atom. The normalized spacial score (nSPS) is 51.2. The summed E-state index contributed by atoms with van der Waals surface area (Å²) in [4.78, 5) is 14.6. The molecule has 0 aromatic heterocycles. The molecule has 0 aromatic carbocycles. The van der Waals surface area contributed by atoms with Crippen LogP contribution in [0.5, 0.6) is 0 Å². The highest BCUT2D eigenvalue weighted by atomic mass is 16.8. The predicted octanol–water partition coefficient (Wildman–Crippen LogP) is 1.32. The molecule has 3 fully saturated rings. The van der Waals surface area contributed by atoms with E-state index < -0.39 is 11.6 Å². The molecule has 2 aliphatic heterocycles. The van der Waals surface area contributed by atoms with Crippen LogP contribution in [0.2, 0.25) is 0 Å². The highest BCUT2D eigenvalue weighted by molar-refractivity contribution is 5.90. The molecular weight excluding hydrogens is 286 g/mol. The lowest BCUT2D eigenvalue weighted by Crippen LogP contribution is -2.67. The first-order valence-electron chi connectivity index (χ1n) is 7.85. The second-order valence-electron chi connectivity index (χ2n) is 7.72. The van der Waals surface area contributed by atoms with E-state index in [1.807, 2.05) is 6.92 Å². The van der Waals surface area contributed by atoms with Gasteiger partial charge in [0.2, 0.25) is 11.6 Å². The number of methoxy groups -OCH3 is 2. The Morgan fingerprint density at radius 3 is 2.18 bits per heavy atom. The molecule has 6 heteroatoms. The van der Waals surface area contributed by atoms with Crippen molar-refractivity contribution in [3.63, 3.8) is 0 Å². The van der Waals surface area contributed by atoms with Crippen LogP contribution < -0.4 is 0 Å². The molecule has 0 N–H and O–H groups in total. The first kappa shape index (κ1) is 16.3. The molecule has 0 amide bonds. The largest absolute Gasteiger partial charge is 0.349 e. The van der Waals surface area contributed by atoms with Crippen molar-refractivity contribution >= 4 is 5.78 Å². The lowest BCUT2D eigenvalue weighted by atomic mass is 9.90. The molecule has 126 valence electrons. The third-order valence-corrected chi connectivity index (χ3v) is 5.41. The van der Waals surface area contributed by atoms with Crippen molar-refractivity contribution < 1.29 is 23.7 Å². The summed E-state index contributed by atoms with van der Waals surface area (Å²) in [5.41, 5.74) is -0.0747. The van der Waals surface area contributed by atoms with Crippen molar-refractivity contribution in [3.8, 4) is 0 Å². The van der Waals surface area contributed by atoms with E-state index in [2.05, 4.69) is 25.7 Å². The van der Waals surface area contributed by atoms with Gasteiger partial charge in [0.1, 0.15) is 6.10 Å². The Kier molecular flexibility index (Phi) is 3.52. The minimum Gasteiger partial charge on any atom is -0.349 e. The molecule has 0 radical (unpaired) electrons. The van der Waals surface area contributed by atoms with Crippen molar-refractivity contribution in [2.45, 2.75) is 82.4 Å². The summed E-state index contributed by atoms with van der Waals surface area (Å²) in [7, 11) is 3.15. The monoisotopic (exact) mass is 313 g/mol. The fraction of sp³-hybridized carbons (Fsp3) is 0.938. The third-order valence-electron chi connectivity index (χ3n) is 5.41. The van der Waals surface area contributed by atoms with Gasteiger partial charge < -0.3 is 18.9 Å². The van der Waals surface area contributed by atoms with Crippen LogP contribution in [0.4, 0.5) is 0 Å². The van der Waals surface area contributed by atoms with Gasteiger partial charge in [0.25, 0.3) is 0 Å². The van der Waals surface area contributed by atoms with Crippen LogP contribution >= 0.6 is 0 Å². The smallest absolute Gasteiger partial charge is 0.220 e. The van der Waals surface area contributed by atoms with E-state index in [4.69, 9.17) is 18.9 Å². The number of hydrogen-bond donors (Lipinski definition) is 0. The average molecular weight is 313 g/mol. The molecule has 6 nitrogen and oxygen atoms in total. The number of carbonyl (C=O) groups excluding carboxylic acids is 1. The quantitative estimate of drug-likeness (QED) is 0.717. The minimum absolute atomic E-state index is 0.0575. The van der Waals surface area contributed by atoms with Crippen molar-refractivity contribution in [2.24, 2.45) is 0 Å². The molecule has 2 saturated heterocycles. The number of rotatable bonds is 2. The van der Waals surface area contributed by atoms with E-state index in [9.17, 15) is 4.79 Å². The Bertz CT molecular complexity index is 489. The zero-order chi connectivity index (χ0) is 16.5. The van der Waals surface area contributed by atoms with Gasteiger partial charge in [0.15, 0.2) is 5.78 Å². The van der Waals surface area contributed by atoms with Crippen molar-refractivity contribution in [2.75, 3.05) is 14.2 Å². The van der Waals surface area contributed by atoms with Crippen LogP contribution in [0.1, 0.15) is 41.0 Å². The molecule has 7 atom stereocenters. The predicted molar refractivity (Wildman–Crippen MR) is 79.4 cm³/mol. The standard InChI is InChI=1S/C16H27NO5/c1-14(2,3)17-11-9(18)8-10-13(12(11)17)22-16(5,20-7)15(4,19-6)21-10/h10-13H,8H2,1-7H3/t10?,11-,12-,13?,15-,16-,17?/m0/s1. The van der Waals surface area contributed by atoms with Gasteiger partial charge in [-0.1, -0.05) is 0 Å². The topological polar surface area (TPSA) is 57.0 Å². The molecule has 3 unspecified atom stereocenters. The van der Waals surface area contributed by atoms with Gasteiger partial charge >= 0.3 is 0 Å². The summed E-state index contributed by atoms with van der Waals surface area (Å²) in [6.45, 7) is 9.96. The first-order chi connectivity index (χ1) is 10.1. The average Bonchev–Trinajstić information content (AvgIpc) is 3.18. The molecule has 2 heterocycles. The number of fused-ring (bicyclic) bond motifs is 3. The van der Waals surface area contributed by atoms with Gasteiger partial charge in [-0.15, -0.1) is 0 Å². The summed E-state index contributed by atoms with van der Waals surface area (Å²) < 4.78 is 23.5. The number of hydrogen-bond acceptors (Lipinski definition) is 6. The first-order valence-corrected chi connectivity index (χ1v) is 7.85. The molecule has 1 saturated carbocycles. The lowest BCUT2D eigenvalue weighted by Gasteiger charge is -2.52.